The Morgan fingerprint density at radius 1 is 0.971 bits per heavy atom. The van der Waals surface area contributed by atoms with Crippen molar-refractivity contribution in [3.8, 4) is 11.4 Å². The van der Waals surface area contributed by atoms with Crippen molar-refractivity contribution in [1.29, 1.82) is 0 Å². The number of fused-ring (bicyclic) bond motifs is 1. The summed E-state index contributed by atoms with van der Waals surface area (Å²) in [7, 11) is 0. The highest BCUT2D eigenvalue weighted by Crippen LogP contribution is 2.35. The normalized spacial score (nSPS) is 11.7. The molecule has 4 N–H and O–H groups in total. The van der Waals surface area contributed by atoms with Crippen molar-refractivity contribution >= 4 is 23.1 Å². The third kappa shape index (κ3) is 3.96. The Morgan fingerprint density at radius 2 is 1.68 bits per heavy atom. The smallest absolute Gasteiger partial charge is 0.255 e. The van der Waals surface area contributed by atoms with Gasteiger partial charge in [0.2, 0.25) is 5.91 Å². The molecule has 0 aliphatic heterocycles. The Labute approximate surface area is 198 Å². The topological polar surface area (TPSA) is 118 Å². The zero-order valence-corrected chi connectivity index (χ0v) is 20.6. The van der Waals surface area contributed by atoms with Crippen molar-refractivity contribution in [1.82, 2.24) is 19.8 Å². The van der Waals surface area contributed by atoms with Crippen molar-refractivity contribution in [3.05, 3.63) is 69.4 Å². The van der Waals surface area contributed by atoms with E-state index in [-0.39, 0.29) is 11.3 Å². The summed E-state index contributed by atoms with van der Waals surface area (Å²) in [5.74, 6) is -0.194. The maximum Gasteiger partial charge on any atom is 0.255 e. The number of aromatic amines is 1. The van der Waals surface area contributed by atoms with Crippen molar-refractivity contribution < 1.29 is 9.59 Å². The third-order valence-electron chi connectivity index (χ3n) is 6.20. The van der Waals surface area contributed by atoms with Gasteiger partial charge in [-0.05, 0) is 62.1 Å². The van der Waals surface area contributed by atoms with Crippen LogP contribution in [0.2, 0.25) is 0 Å². The van der Waals surface area contributed by atoms with Crippen LogP contribution in [0.4, 0.5) is 5.69 Å². The summed E-state index contributed by atoms with van der Waals surface area (Å²) in [5.41, 5.74) is 13.1. The van der Waals surface area contributed by atoms with Crippen molar-refractivity contribution in [2.45, 2.75) is 53.9 Å². The van der Waals surface area contributed by atoms with Crippen LogP contribution in [0.3, 0.4) is 0 Å². The largest absolute Gasteiger partial charge is 0.366 e. The predicted molar refractivity (Wildman–Crippen MR) is 133 cm³/mol. The van der Waals surface area contributed by atoms with E-state index >= 15 is 0 Å². The van der Waals surface area contributed by atoms with Gasteiger partial charge in [-0.2, -0.15) is 0 Å². The fraction of sp³-hybridized carbons (Fsp3) is 0.308. The molecule has 0 aliphatic rings. The van der Waals surface area contributed by atoms with E-state index in [2.05, 4.69) is 41.4 Å². The highest BCUT2D eigenvalue weighted by atomic mass is 16.2. The maximum absolute atomic E-state index is 13.1. The second-order valence-electron chi connectivity index (χ2n) is 9.87. The summed E-state index contributed by atoms with van der Waals surface area (Å²) in [6.07, 6.45) is 0. The molecule has 0 radical (unpaired) electrons. The molecule has 0 aliphatic carbocycles. The van der Waals surface area contributed by atoms with E-state index in [1.165, 1.54) is 6.07 Å². The number of anilines is 1. The predicted octanol–water partition coefficient (Wildman–Crippen LogP) is 4.61. The number of carbonyl (C=O) groups excluding carboxylic acids is 2. The van der Waals surface area contributed by atoms with Crippen LogP contribution in [-0.4, -0.2) is 31.6 Å². The fourth-order valence-corrected chi connectivity index (χ4v) is 4.26. The van der Waals surface area contributed by atoms with Crippen LogP contribution in [0.15, 0.2) is 30.3 Å². The molecule has 4 rings (SSSR count). The number of nitrogens with zero attached hydrogens (tertiary/aromatic N) is 3. The van der Waals surface area contributed by atoms with Gasteiger partial charge in [0.15, 0.2) is 11.5 Å². The Morgan fingerprint density at radius 3 is 2.32 bits per heavy atom. The second-order valence-corrected chi connectivity index (χ2v) is 9.87. The molecule has 0 unspecified atom stereocenters. The fourth-order valence-electron chi connectivity index (χ4n) is 4.26. The van der Waals surface area contributed by atoms with Gasteiger partial charge in [-0.1, -0.05) is 32.9 Å². The summed E-state index contributed by atoms with van der Waals surface area (Å²) in [5, 5.41) is 15.2. The number of aromatic nitrogens is 4. The van der Waals surface area contributed by atoms with Crippen molar-refractivity contribution in [2.75, 3.05) is 5.32 Å². The molecule has 0 saturated carbocycles. The van der Waals surface area contributed by atoms with Crippen LogP contribution in [0.1, 0.15) is 69.4 Å². The number of amides is 2. The molecule has 8 nitrogen and oxygen atoms in total. The lowest BCUT2D eigenvalue weighted by atomic mass is 9.93. The SMILES string of the molecule is Cc1ccc(C(=O)Nc2c(C)cc(C)c(-c3nnc4cc(C(C)(C)C)[nH]n34)c2C)cc1C(N)=O. The van der Waals surface area contributed by atoms with Gasteiger partial charge in [0.1, 0.15) is 0 Å². The Hall–Kier alpha value is -3.94. The zero-order valence-electron chi connectivity index (χ0n) is 20.6. The molecule has 8 heteroatoms. The minimum Gasteiger partial charge on any atom is -0.366 e. The average molecular weight is 459 g/mol. The molecule has 0 atom stereocenters. The molecule has 4 aromatic rings. The molecule has 0 fully saturated rings. The van der Waals surface area contributed by atoms with E-state index in [9.17, 15) is 9.59 Å². The first-order chi connectivity index (χ1) is 15.9. The van der Waals surface area contributed by atoms with E-state index in [1.54, 1.807) is 19.1 Å². The number of nitrogens with one attached hydrogen (secondary N) is 2. The van der Waals surface area contributed by atoms with E-state index in [4.69, 9.17) is 5.73 Å². The van der Waals surface area contributed by atoms with E-state index < -0.39 is 5.91 Å². The second kappa shape index (κ2) is 8.13. The molecular weight excluding hydrogens is 428 g/mol. The number of carbonyl (C=O) groups is 2. The van der Waals surface area contributed by atoms with E-state index in [1.807, 2.05) is 37.4 Å². The Balaban J connectivity index is 1.78. The number of hydrogen-bond donors (Lipinski definition) is 3. The van der Waals surface area contributed by atoms with Crippen LogP contribution >= 0.6 is 0 Å². The summed E-state index contributed by atoms with van der Waals surface area (Å²) in [4.78, 5) is 24.8. The van der Waals surface area contributed by atoms with Gasteiger partial charge < -0.3 is 11.1 Å². The molecule has 176 valence electrons. The molecule has 0 spiro atoms. The Bertz CT molecular complexity index is 1450. The first-order valence-corrected chi connectivity index (χ1v) is 11.2. The molecular formula is C26H30N6O2. The molecule has 2 amide bonds. The standard InChI is InChI=1S/C26H30N6O2/c1-13-8-9-17(11-18(13)23(27)33)25(34)28-22-15(3)10-14(2)21(16(22)4)24-30-29-20-12-19(26(5,6)7)31-32(20)24/h8-12,31H,1-7H3,(H2,27,33)(H,28,34). The lowest BCUT2D eigenvalue weighted by Crippen LogP contribution is -2.18. The van der Waals surface area contributed by atoms with Gasteiger partial charge in [-0.3, -0.25) is 14.7 Å². The summed E-state index contributed by atoms with van der Waals surface area (Å²) in [6.45, 7) is 14.1. The average Bonchev–Trinajstić information content (AvgIpc) is 3.33. The quantitative estimate of drug-likeness (QED) is 0.414. The first-order valence-electron chi connectivity index (χ1n) is 11.2. The lowest BCUT2D eigenvalue weighted by Gasteiger charge is -2.18. The molecule has 2 aromatic carbocycles. The van der Waals surface area contributed by atoms with Gasteiger partial charge in [0.05, 0.1) is 0 Å². The van der Waals surface area contributed by atoms with Crippen LogP contribution < -0.4 is 11.1 Å². The summed E-state index contributed by atoms with van der Waals surface area (Å²) < 4.78 is 1.88. The molecule has 2 aromatic heterocycles. The zero-order chi connectivity index (χ0) is 24.9. The van der Waals surface area contributed by atoms with Gasteiger partial charge >= 0.3 is 0 Å². The van der Waals surface area contributed by atoms with Gasteiger partial charge in [0, 0.05) is 39.6 Å². The highest BCUT2D eigenvalue weighted by Gasteiger charge is 2.23. The number of primary amides is 1. The highest BCUT2D eigenvalue weighted by molar-refractivity contribution is 6.07. The van der Waals surface area contributed by atoms with Crippen LogP contribution in [-0.2, 0) is 5.41 Å². The molecule has 2 heterocycles. The number of aryl methyl sites for hydroxylation is 3. The molecule has 0 saturated heterocycles. The molecule has 34 heavy (non-hydrogen) atoms. The monoisotopic (exact) mass is 458 g/mol. The number of hydrogen-bond acceptors (Lipinski definition) is 4. The number of benzene rings is 2. The Kier molecular flexibility index (Phi) is 5.55. The van der Waals surface area contributed by atoms with Gasteiger partial charge in [-0.25, -0.2) is 4.52 Å². The number of rotatable bonds is 4. The number of nitrogens with two attached hydrogens (primary N) is 1. The van der Waals surface area contributed by atoms with Gasteiger partial charge in [-0.15, -0.1) is 10.2 Å². The van der Waals surface area contributed by atoms with Gasteiger partial charge in [0.25, 0.3) is 5.91 Å². The van der Waals surface area contributed by atoms with Crippen LogP contribution in [0, 0.1) is 27.7 Å². The lowest BCUT2D eigenvalue weighted by molar-refractivity contribution is 0.0999. The minimum atomic E-state index is -0.562. The number of H-pyrrole nitrogens is 1. The van der Waals surface area contributed by atoms with Crippen molar-refractivity contribution in [3.63, 3.8) is 0 Å². The van der Waals surface area contributed by atoms with Crippen molar-refractivity contribution in [2.24, 2.45) is 5.73 Å². The third-order valence-corrected chi connectivity index (χ3v) is 6.20. The summed E-state index contributed by atoms with van der Waals surface area (Å²) >= 11 is 0. The molecule has 0 bridgehead atoms. The van der Waals surface area contributed by atoms with Crippen LogP contribution in [0.25, 0.3) is 17.0 Å². The maximum atomic E-state index is 13.1. The van der Waals surface area contributed by atoms with E-state index in [0.717, 1.165) is 39.2 Å². The first kappa shape index (κ1) is 23.2. The van der Waals surface area contributed by atoms with Crippen LogP contribution in [0.5, 0.6) is 0 Å². The minimum absolute atomic E-state index is 0.0632. The summed E-state index contributed by atoms with van der Waals surface area (Å²) in [6, 6.07) is 8.97. The van der Waals surface area contributed by atoms with E-state index in [0.29, 0.717) is 22.6 Å².